The normalized spacial score (nSPS) is 11.7. The van der Waals surface area contributed by atoms with Gasteiger partial charge in [0.05, 0.1) is 18.3 Å². The van der Waals surface area contributed by atoms with Crippen molar-refractivity contribution >= 4 is 16.6 Å². The minimum atomic E-state index is 0.603. The molecule has 0 unspecified atom stereocenters. The second kappa shape index (κ2) is 6.80. The monoisotopic (exact) mass is 387 g/mol. The van der Waals surface area contributed by atoms with Crippen molar-refractivity contribution in [1.82, 2.24) is 34.3 Å². The van der Waals surface area contributed by atoms with Crippen LogP contribution in [0.2, 0.25) is 0 Å². The molecule has 0 amide bonds. The Kier molecular flexibility index (Phi) is 4.12. The molecule has 0 aliphatic heterocycles. The summed E-state index contributed by atoms with van der Waals surface area (Å²) in [5, 5.41) is 9.90. The van der Waals surface area contributed by atoms with Gasteiger partial charge in [0.25, 0.3) is 0 Å². The molecule has 8 heteroatoms. The summed E-state index contributed by atoms with van der Waals surface area (Å²) in [5.41, 5.74) is 6.17. The van der Waals surface area contributed by atoms with Gasteiger partial charge in [0.15, 0.2) is 11.5 Å². The van der Waals surface area contributed by atoms with E-state index in [1.165, 1.54) is 0 Å². The molecule has 0 atom stereocenters. The Morgan fingerprint density at radius 2 is 1.93 bits per heavy atom. The van der Waals surface area contributed by atoms with E-state index in [0.717, 1.165) is 45.6 Å². The second-order valence-corrected chi connectivity index (χ2v) is 7.29. The number of hydrogen-bond donors (Lipinski definition) is 0. The van der Waals surface area contributed by atoms with Gasteiger partial charge in [-0.1, -0.05) is 17.3 Å². The van der Waals surface area contributed by atoms with Gasteiger partial charge in [0, 0.05) is 42.1 Å². The predicted octanol–water partition coefficient (Wildman–Crippen LogP) is 2.99. The van der Waals surface area contributed by atoms with Gasteiger partial charge in [0.2, 0.25) is 5.89 Å². The van der Waals surface area contributed by atoms with Crippen molar-refractivity contribution in [3.05, 3.63) is 71.1 Å². The number of rotatable bonds is 5. The number of fused-ring (bicyclic) bond motifs is 3. The lowest BCUT2D eigenvalue weighted by Gasteiger charge is -2.10. The Bertz CT molecular complexity index is 1330. The summed E-state index contributed by atoms with van der Waals surface area (Å²) in [6, 6.07) is 8.09. The Morgan fingerprint density at radius 3 is 2.76 bits per heavy atom. The largest absolute Gasteiger partial charge is 0.339 e. The molecule has 4 aromatic heterocycles. The number of imidazole rings is 1. The molecule has 5 rings (SSSR count). The maximum atomic E-state index is 5.46. The molecular weight excluding hydrogens is 366 g/mol. The molecular formula is C21H21N7O. The third-order valence-electron chi connectivity index (χ3n) is 5.37. The molecule has 1 aromatic carbocycles. The third-order valence-corrected chi connectivity index (χ3v) is 5.37. The Hall–Kier alpha value is -3.55. The highest BCUT2D eigenvalue weighted by molar-refractivity contribution is 5.92. The summed E-state index contributed by atoms with van der Waals surface area (Å²) < 4.78 is 9.35. The summed E-state index contributed by atoms with van der Waals surface area (Å²) in [6.45, 7) is 4.14. The van der Waals surface area contributed by atoms with E-state index in [1.807, 2.05) is 47.4 Å². The van der Waals surface area contributed by atoms with E-state index in [4.69, 9.17) is 14.6 Å². The fourth-order valence-corrected chi connectivity index (χ4v) is 3.75. The number of aryl methyl sites for hydroxylation is 4. The predicted molar refractivity (Wildman–Crippen MR) is 108 cm³/mol. The lowest BCUT2D eigenvalue weighted by Crippen LogP contribution is -2.07. The summed E-state index contributed by atoms with van der Waals surface area (Å²) in [7, 11) is 1.96. The van der Waals surface area contributed by atoms with Crippen LogP contribution < -0.4 is 0 Å². The van der Waals surface area contributed by atoms with Gasteiger partial charge in [-0.15, -0.1) is 0 Å². The lowest BCUT2D eigenvalue weighted by atomic mass is 10.1. The molecule has 0 aliphatic rings. The summed E-state index contributed by atoms with van der Waals surface area (Å²) in [6.07, 6.45) is 5.62. The molecule has 8 nitrogen and oxygen atoms in total. The number of benzene rings is 1. The number of nitrogens with zero attached hydrogens (tertiary/aromatic N) is 7. The average molecular weight is 387 g/mol. The van der Waals surface area contributed by atoms with Crippen molar-refractivity contribution in [1.29, 1.82) is 0 Å². The minimum absolute atomic E-state index is 0.603. The molecule has 0 radical (unpaired) electrons. The Balaban J connectivity index is 1.39. The van der Waals surface area contributed by atoms with Crippen molar-refractivity contribution in [2.45, 2.75) is 33.1 Å². The molecule has 0 saturated carbocycles. The maximum absolute atomic E-state index is 5.46. The van der Waals surface area contributed by atoms with Crippen LogP contribution in [-0.4, -0.2) is 34.3 Å². The van der Waals surface area contributed by atoms with Gasteiger partial charge in [-0.05, 0) is 38.0 Å². The first-order valence-corrected chi connectivity index (χ1v) is 9.60. The van der Waals surface area contributed by atoms with Crippen LogP contribution in [0.5, 0.6) is 0 Å². The smallest absolute Gasteiger partial charge is 0.226 e. The summed E-state index contributed by atoms with van der Waals surface area (Å²) in [5.74, 6) is 1.30. The van der Waals surface area contributed by atoms with Crippen LogP contribution in [0, 0.1) is 13.8 Å². The van der Waals surface area contributed by atoms with Crippen LogP contribution in [0.3, 0.4) is 0 Å². The van der Waals surface area contributed by atoms with Crippen LogP contribution in [0.15, 0.2) is 41.3 Å². The standard InChI is InChI=1S/C21H21N7O/c1-13-16(14(2)28-21(23-13)17-6-4-5-7-18(17)25-28)8-9-20-24-19(26-29-20)10-15-11-22-12-27(15)3/h4-7,11-12H,8-10H2,1-3H3. The van der Waals surface area contributed by atoms with Gasteiger partial charge < -0.3 is 9.09 Å². The first-order chi connectivity index (χ1) is 14.1. The van der Waals surface area contributed by atoms with Crippen LogP contribution in [0.1, 0.15) is 34.4 Å². The van der Waals surface area contributed by atoms with Crippen molar-refractivity contribution in [3.63, 3.8) is 0 Å². The topological polar surface area (TPSA) is 86.9 Å². The maximum Gasteiger partial charge on any atom is 0.226 e. The SMILES string of the molecule is Cc1nc2c3ccccc3nn2c(C)c1CCc1nc(Cc2cncn2C)no1. The number of aromatic nitrogens is 7. The van der Waals surface area contributed by atoms with Gasteiger partial charge in [-0.2, -0.15) is 10.1 Å². The van der Waals surface area contributed by atoms with Crippen LogP contribution in [-0.2, 0) is 26.3 Å². The number of hydrogen-bond acceptors (Lipinski definition) is 6. The molecule has 0 aliphatic carbocycles. The zero-order valence-electron chi connectivity index (χ0n) is 16.6. The van der Waals surface area contributed by atoms with E-state index in [1.54, 1.807) is 6.33 Å². The lowest BCUT2D eigenvalue weighted by molar-refractivity contribution is 0.373. The molecule has 0 bridgehead atoms. The fourth-order valence-electron chi connectivity index (χ4n) is 3.75. The average Bonchev–Trinajstić information content (AvgIpc) is 3.42. The van der Waals surface area contributed by atoms with Crippen molar-refractivity contribution in [2.75, 3.05) is 0 Å². The zero-order chi connectivity index (χ0) is 20.0. The van der Waals surface area contributed by atoms with Crippen LogP contribution in [0.25, 0.3) is 16.6 Å². The van der Waals surface area contributed by atoms with E-state index in [2.05, 4.69) is 28.1 Å². The highest BCUT2D eigenvalue weighted by atomic mass is 16.5. The van der Waals surface area contributed by atoms with Crippen molar-refractivity contribution in [3.8, 4) is 0 Å². The molecule has 0 saturated heterocycles. The van der Waals surface area contributed by atoms with Crippen LogP contribution in [0.4, 0.5) is 0 Å². The minimum Gasteiger partial charge on any atom is -0.339 e. The molecule has 0 spiro atoms. The van der Waals surface area contributed by atoms with E-state index >= 15 is 0 Å². The summed E-state index contributed by atoms with van der Waals surface area (Å²) in [4.78, 5) is 13.5. The van der Waals surface area contributed by atoms with Crippen molar-refractivity contribution in [2.24, 2.45) is 7.05 Å². The molecule has 0 fully saturated rings. The zero-order valence-corrected chi connectivity index (χ0v) is 16.6. The Morgan fingerprint density at radius 1 is 1.07 bits per heavy atom. The fraction of sp³-hybridized carbons (Fsp3) is 0.286. The molecule has 4 heterocycles. The Labute approximate surface area is 167 Å². The van der Waals surface area contributed by atoms with Crippen LogP contribution >= 0.6 is 0 Å². The second-order valence-electron chi connectivity index (χ2n) is 7.29. The van der Waals surface area contributed by atoms with Gasteiger partial charge in [-0.25, -0.2) is 14.5 Å². The quantitative estimate of drug-likeness (QED) is 0.461. The highest BCUT2D eigenvalue weighted by Gasteiger charge is 2.15. The van der Waals surface area contributed by atoms with E-state index in [0.29, 0.717) is 24.6 Å². The van der Waals surface area contributed by atoms with Gasteiger partial charge >= 0.3 is 0 Å². The molecule has 5 aromatic rings. The molecule has 0 N–H and O–H groups in total. The van der Waals surface area contributed by atoms with E-state index in [9.17, 15) is 0 Å². The van der Waals surface area contributed by atoms with E-state index < -0.39 is 0 Å². The first kappa shape index (κ1) is 17.5. The highest BCUT2D eigenvalue weighted by Crippen LogP contribution is 2.23. The van der Waals surface area contributed by atoms with Gasteiger partial charge in [-0.3, -0.25) is 0 Å². The molecule has 146 valence electrons. The third kappa shape index (κ3) is 3.06. The van der Waals surface area contributed by atoms with Gasteiger partial charge in [0.1, 0.15) is 0 Å². The first-order valence-electron chi connectivity index (χ1n) is 9.60. The molecule has 29 heavy (non-hydrogen) atoms. The van der Waals surface area contributed by atoms with Crippen molar-refractivity contribution < 1.29 is 4.52 Å². The summed E-state index contributed by atoms with van der Waals surface area (Å²) >= 11 is 0. The van der Waals surface area contributed by atoms with E-state index in [-0.39, 0.29) is 0 Å².